The minimum atomic E-state index is 0.410. The van der Waals surface area contributed by atoms with Crippen molar-refractivity contribution < 1.29 is 0 Å². The highest BCUT2D eigenvalue weighted by atomic mass is 32.1. The van der Waals surface area contributed by atoms with Gasteiger partial charge in [-0.15, -0.1) is 11.3 Å². The minimum Gasteiger partial charge on any atom is -0.311 e. The molecule has 1 atom stereocenters. The van der Waals surface area contributed by atoms with Crippen molar-refractivity contribution in [2.24, 2.45) is 5.92 Å². The quantitative estimate of drug-likeness (QED) is 0.921. The molecule has 3 rings (SSSR count). The van der Waals surface area contributed by atoms with Gasteiger partial charge in [0.15, 0.2) is 0 Å². The van der Waals surface area contributed by atoms with Crippen LogP contribution < -0.4 is 5.32 Å². The van der Waals surface area contributed by atoms with Crippen LogP contribution in [0.2, 0.25) is 0 Å². The first-order valence-electron chi connectivity index (χ1n) is 8.47. The van der Waals surface area contributed by atoms with E-state index in [2.05, 4.69) is 36.4 Å². The van der Waals surface area contributed by atoms with Crippen LogP contribution in [0.4, 0.5) is 0 Å². The van der Waals surface area contributed by atoms with E-state index in [-0.39, 0.29) is 0 Å². The van der Waals surface area contributed by atoms with Crippen LogP contribution in [-0.2, 0) is 6.54 Å². The molecule has 1 spiro atoms. The van der Waals surface area contributed by atoms with Crippen molar-refractivity contribution in [3.63, 3.8) is 0 Å². The fourth-order valence-corrected chi connectivity index (χ4v) is 4.88. The number of nitrogens with zero attached hydrogens (tertiary/aromatic N) is 2. The Labute approximate surface area is 133 Å². The Hall–Kier alpha value is -0.450. The summed E-state index contributed by atoms with van der Waals surface area (Å²) < 4.78 is 0. The molecule has 3 nitrogen and oxygen atoms in total. The summed E-state index contributed by atoms with van der Waals surface area (Å²) >= 11 is 1.83. The van der Waals surface area contributed by atoms with Gasteiger partial charge in [-0.05, 0) is 32.1 Å². The number of thiazole rings is 1. The molecule has 0 radical (unpaired) electrons. The molecule has 1 aliphatic carbocycles. The maximum absolute atomic E-state index is 4.70. The standard InChI is InChI=1S/C17H29N3S/c1-13(2)8-15-9-20(10-16-19-14(3)11-21-16)17(12-18-15)6-4-5-7-17/h11,13,15,18H,4-10,12H2,1-3H3. The molecular weight excluding hydrogens is 278 g/mol. The highest BCUT2D eigenvalue weighted by molar-refractivity contribution is 7.09. The average Bonchev–Trinajstić information content (AvgIpc) is 3.04. The zero-order valence-electron chi connectivity index (χ0n) is 13.7. The number of nitrogens with one attached hydrogen (secondary N) is 1. The second kappa shape index (κ2) is 6.35. The lowest BCUT2D eigenvalue weighted by atomic mass is 9.89. The molecule has 2 fully saturated rings. The van der Waals surface area contributed by atoms with E-state index in [0.717, 1.165) is 12.5 Å². The Morgan fingerprint density at radius 2 is 2.19 bits per heavy atom. The number of hydrogen-bond acceptors (Lipinski definition) is 4. The summed E-state index contributed by atoms with van der Waals surface area (Å²) in [5.74, 6) is 0.768. The van der Waals surface area contributed by atoms with Gasteiger partial charge in [0.2, 0.25) is 0 Å². The van der Waals surface area contributed by atoms with Crippen molar-refractivity contribution in [2.75, 3.05) is 13.1 Å². The van der Waals surface area contributed by atoms with Gasteiger partial charge in [-0.1, -0.05) is 26.7 Å². The SMILES string of the molecule is Cc1csc(CN2CC(CC(C)C)NCC23CCCC3)n1. The molecule has 1 aromatic heterocycles. The van der Waals surface area contributed by atoms with Crippen molar-refractivity contribution in [2.45, 2.75) is 71.0 Å². The fourth-order valence-electron chi connectivity index (χ4n) is 4.09. The molecule has 2 aliphatic rings. The van der Waals surface area contributed by atoms with Gasteiger partial charge in [0.1, 0.15) is 5.01 Å². The summed E-state index contributed by atoms with van der Waals surface area (Å²) in [6.45, 7) is 10.2. The van der Waals surface area contributed by atoms with Crippen LogP contribution in [0.25, 0.3) is 0 Å². The minimum absolute atomic E-state index is 0.410. The van der Waals surface area contributed by atoms with E-state index in [0.29, 0.717) is 11.6 Å². The molecule has 1 saturated heterocycles. The van der Waals surface area contributed by atoms with E-state index in [4.69, 9.17) is 4.98 Å². The zero-order chi connectivity index (χ0) is 14.9. The van der Waals surface area contributed by atoms with Gasteiger partial charge in [0.25, 0.3) is 0 Å². The Balaban J connectivity index is 1.73. The van der Waals surface area contributed by atoms with Crippen molar-refractivity contribution in [1.82, 2.24) is 15.2 Å². The predicted molar refractivity (Wildman–Crippen MR) is 89.7 cm³/mol. The average molecular weight is 308 g/mol. The zero-order valence-corrected chi connectivity index (χ0v) is 14.5. The number of hydrogen-bond donors (Lipinski definition) is 1. The first kappa shape index (κ1) is 15.4. The molecule has 2 heterocycles. The molecule has 0 amide bonds. The Bertz CT molecular complexity index is 462. The van der Waals surface area contributed by atoms with Crippen molar-refractivity contribution >= 4 is 11.3 Å². The Kier molecular flexibility index (Phi) is 4.67. The van der Waals surface area contributed by atoms with Crippen LogP contribution in [0.15, 0.2) is 5.38 Å². The lowest BCUT2D eigenvalue weighted by Gasteiger charge is -2.48. The largest absolute Gasteiger partial charge is 0.311 e. The highest BCUT2D eigenvalue weighted by Gasteiger charge is 2.43. The summed E-state index contributed by atoms with van der Waals surface area (Å²) in [7, 11) is 0. The second-order valence-corrected chi connectivity index (χ2v) is 8.34. The normalized spacial score (nSPS) is 26.0. The van der Waals surface area contributed by atoms with Gasteiger partial charge in [0, 0.05) is 35.7 Å². The molecule has 1 aliphatic heterocycles. The smallest absolute Gasteiger partial charge is 0.107 e. The summed E-state index contributed by atoms with van der Waals surface area (Å²) in [5.41, 5.74) is 1.58. The first-order chi connectivity index (χ1) is 10.1. The lowest BCUT2D eigenvalue weighted by molar-refractivity contribution is 0.0314. The van der Waals surface area contributed by atoms with Crippen LogP contribution in [-0.4, -0.2) is 34.6 Å². The van der Waals surface area contributed by atoms with Crippen LogP contribution in [0, 0.1) is 12.8 Å². The van der Waals surface area contributed by atoms with Gasteiger partial charge in [-0.2, -0.15) is 0 Å². The van der Waals surface area contributed by atoms with Crippen LogP contribution in [0.3, 0.4) is 0 Å². The molecule has 0 aromatic carbocycles. The molecular formula is C17H29N3S. The maximum Gasteiger partial charge on any atom is 0.107 e. The van der Waals surface area contributed by atoms with Crippen LogP contribution in [0.1, 0.15) is 56.7 Å². The summed E-state index contributed by atoms with van der Waals surface area (Å²) in [6, 6.07) is 0.650. The van der Waals surface area contributed by atoms with Crippen molar-refractivity contribution in [3.8, 4) is 0 Å². The molecule has 1 N–H and O–H groups in total. The Morgan fingerprint density at radius 1 is 1.43 bits per heavy atom. The molecule has 1 saturated carbocycles. The third-order valence-corrected chi connectivity index (χ3v) is 6.07. The van der Waals surface area contributed by atoms with Gasteiger partial charge in [-0.25, -0.2) is 4.98 Å². The van der Waals surface area contributed by atoms with E-state index in [1.807, 2.05) is 11.3 Å². The molecule has 118 valence electrons. The summed E-state index contributed by atoms with van der Waals surface area (Å²) in [4.78, 5) is 7.47. The van der Waals surface area contributed by atoms with E-state index in [1.165, 1.54) is 55.9 Å². The van der Waals surface area contributed by atoms with Crippen molar-refractivity contribution in [3.05, 3.63) is 16.1 Å². The third kappa shape index (κ3) is 3.49. The molecule has 0 bridgehead atoms. The molecule has 4 heteroatoms. The van der Waals surface area contributed by atoms with E-state index in [1.54, 1.807) is 0 Å². The van der Waals surface area contributed by atoms with Gasteiger partial charge in [-0.3, -0.25) is 4.90 Å². The van der Waals surface area contributed by atoms with E-state index >= 15 is 0 Å². The Morgan fingerprint density at radius 3 is 2.81 bits per heavy atom. The molecule has 1 unspecified atom stereocenters. The van der Waals surface area contributed by atoms with Crippen LogP contribution >= 0.6 is 11.3 Å². The first-order valence-corrected chi connectivity index (χ1v) is 9.35. The van der Waals surface area contributed by atoms with E-state index < -0.39 is 0 Å². The maximum atomic E-state index is 4.70. The molecule has 21 heavy (non-hydrogen) atoms. The van der Waals surface area contributed by atoms with Gasteiger partial charge < -0.3 is 5.32 Å². The van der Waals surface area contributed by atoms with Crippen molar-refractivity contribution in [1.29, 1.82) is 0 Å². The topological polar surface area (TPSA) is 28.2 Å². The number of rotatable bonds is 4. The fraction of sp³-hybridized carbons (Fsp3) is 0.824. The number of aromatic nitrogens is 1. The molecule has 1 aromatic rings. The third-order valence-electron chi connectivity index (χ3n) is 5.11. The monoisotopic (exact) mass is 307 g/mol. The number of aryl methyl sites for hydroxylation is 1. The van der Waals surface area contributed by atoms with E-state index in [9.17, 15) is 0 Å². The summed E-state index contributed by atoms with van der Waals surface area (Å²) in [5, 5.41) is 7.33. The predicted octanol–water partition coefficient (Wildman–Crippen LogP) is 3.58. The van der Waals surface area contributed by atoms with Gasteiger partial charge >= 0.3 is 0 Å². The highest BCUT2D eigenvalue weighted by Crippen LogP contribution is 2.38. The van der Waals surface area contributed by atoms with Gasteiger partial charge in [0.05, 0.1) is 6.54 Å². The lowest BCUT2D eigenvalue weighted by Crippen LogP contribution is -2.63. The number of piperazine rings is 1. The summed E-state index contributed by atoms with van der Waals surface area (Å²) in [6.07, 6.45) is 6.79. The van der Waals surface area contributed by atoms with Crippen LogP contribution in [0.5, 0.6) is 0 Å². The second-order valence-electron chi connectivity index (χ2n) is 7.40.